The van der Waals surface area contributed by atoms with E-state index in [0.717, 1.165) is 34.5 Å². The zero-order chi connectivity index (χ0) is 13.8. The predicted molar refractivity (Wildman–Crippen MR) is 81.7 cm³/mol. The van der Waals surface area contributed by atoms with Crippen molar-refractivity contribution in [1.29, 1.82) is 0 Å². The van der Waals surface area contributed by atoms with E-state index in [1.54, 1.807) is 12.1 Å². The number of benzene rings is 2. The van der Waals surface area contributed by atoms with Gasteiger partial charge in [-0.25, -0.2) is 4.39 Å². The number of hydrogen-bond donors (Lipinski definition) is 1. The molecule has 0 amide bonds. The van der Waals surface area contributed by atoms with Crippen LogP contribution in [0.2, 0.25) is 0 Å². The van der Waals surface area contributed by atoms with Crippen LogP contribution in [0, 0.1) is 5.82 Å². The van der Waals surface area contributed by atoms with Crippen LogP contribution in [0.15, 0.2) is 46.9 Å². The van der Waals surface area contributed by atoms with E-state index < -0.39 is 0 Å². The van der Waals surface area contributed by atoms with Crippen LogP contribution in [-0.2, 0) is 6.54 Å². The van der Waals surface area contributed by atoms with Crippen molar-refractivity contribution >= 4 is 27.3 Å². The minimum atomic E-state index is -0.214. The number of nitrogens with two attached hydrogens (primary N) is 1. The van der Waals surface area contributed by atoms with Crippen LogP contribution in [0.1, 0.15) is 12.5 Å². The molecule has 19 heavy (non-hydrogen) atoms. The van der Waals surface area contributed by atoms with Crippen molar-refractivity contribution in [2.75, 3.05) is 17.2 Å². The van der Waals surface area contributed by atoms with Crippen LogP contribution in [0.4, 0.5) is 15.8 Å². The number of nitrogens with zero attached hydrogens (tertiary/aromatic N) is 1. The molecule has 2 aromatic carbocycles. The lowest BCUT2D eigenvalue weighted by Gasteiger charge is -2.24. The Morgan fingerprint density at radius 1 is 1.16 bits per heavy atom. The quantitative estimate of drug-likeness (QED) is 0.855. The van der Waals surface area contributed by atoms with Crippen LogP contribution >= 0.6 is 15.9 Å². The van der Waals surface area contributed by atoms with Crippen LogP contribution in [0.5, 0.6) is 0 Å². The number of anilines is 2. The van der Waals surface area contributed by atoms with Crippen molar-refractivity contribution in [3.63, 3.8) is 0 Å². The minimum absolute atomic E-state index is 0.214. The topological polar surface area (TPSA) is 29.3 Å². The largest absolute Gasteiger partial charge is 0.399 e. The molecule has 0 saturated heterocycles. The molecule has 0 spiro atoms. The second-order valence-electron chi connectivity index (χ2n) is 4.34. The van der Waals surface area contributed by atoms with Crippen LogP contribution < -0.4 is 10.6 Å². The average Bonchev–Trinajstić information content (AvgIpc) is 2.39. The zero-order valence-corrected chi connectivity index (χ0v) is 12.3. The van der Waals surface area contributed by atoms with Crippen LogP contribution in [-0.4, -0.2) is 6.54 Å². The third kappa shape index (κ3) is 3.47. The van der Waals surface area contributed by atoms with Gasteiger partial charge in [0.2, 0.25) is 0 Å². The van der Waals surface area contributed by atoms with Gasteiger partial charge in [0.1, 0.15) is 5.82 Å². The Morgan fingerprint density at radius 2 is 1.84 bits per heavy atom. The molecule has 0 fully saturated rings. The van der Waals surface area contributed by atoms with E-state index in [9.17, 15) is 4.39 Å². The summed E-state index contributed by atoms with van der Waals surface area (Å²) in [5.41, 5.74) is 8.63. The van der Waals surface area contributed by atoms with Gasteiger partial charge in [-0.2, -0.15) is 0 Å². The van der Waals surface area contributed by atoms with E-state index in [0.29, 0.717) is 0 Å². The van der Waals surface area contributed by atoms with Gasteiger partial charge < -0.3 is 10.6 Å². The Kier molecular flexibility index (Phi) is 4.43. The maximum atomic E-state index is 12.9. The number of nitrogen functional groups attached to an aromatic ring is 1. The highest BCUT2D eigenvalue weighted by atomic mass is 79.9. The molecule has 0 bridgehead atoms. The summed E-state index contributed by atoms with van der Waals surface area (Å²) in [4.78, 5) is 2.18. The van der Waals surface area contributed by atoms with E-state index in [1.165, 1.54) is 12.1 Å². The van der Waals surface area contributed by atoms with Gasteiger partial charge in [0.25, 0.3) is 0 Å². The third-order valence-electron chi connectivity index (χ3n) is 3.01. The van der Waals surface area contributed by atoms with Crippen molar-refractivity contribution in [3.8, 4) is 0 Å². The lowest BCUT2D eigenvalue weighted by atomic mass is 10.2. The molecule has 0 heterocycles. The first-order chi connectivity index (χ1) is 9.10. The number of rotatable bonds is 4. The molecule has 2 aromatic rings. The molecular formula is C15H16BrFN2. The third-order valence-corrected chi connectivity index (χ3v) is 3.75. The number of halogens is 2. The molecule has 0 saturated carbocycles. The molecule has 100 valence electrons. The van der Waals surface area contributed by atoms with Crippen LogP contribution in [0.3, 0.4) is 0 Å². The number of hydrogen-bond acceptors (Lipinski definition) is 2. The standard InChI is InChI=1S/C15H16BrFN2/c1-2-19(14-7-4-12(17)5-8-14)10-11-3-6-13(18)9-15(11)16/h3-9H,2,10,18H2,1H3. The van der Waals surface area contributed by atoms with E-state index in [1.807, 2.05) is 18.2 Å². The molecule has 0 unspecified atom stereocenters. The summed E-state index contributed by atoms with van der Waals surface area (Å²) in [6.07, 6.45) is 0. The smallest absolute Gasteiger partial charge is 0.123 e. The van der Waals surface area contributed by atoms with E-state index in [2.05, 4.69) is 27.8 Å². The van der Waals surface area contributed by atoms with Gasteiger partial charge in [0, 0.05) is 28.9 Å². The Morgan fingerprint density at radius 3 is 2.42 bits per heavy atom. The molecule has 2 nitrogen and oxygen atoms in total. The maximum absolute atomic E-state index is 12.9. The fourth-order valence-corrected chi connectivity index (χ4v) is 2.46. The van der Waals surface area contributed by atoms with Gasteiger partial charge in [0.15, 0.2) is 0 Å². The van der Waals surface area contributed by atoms with Crippen molar-refractivity contribution in [3.05, 3.63) is 58.3 Å². The molecule has 4 heteroatoms. The highest BCUT2D eigenvalue weighted by Crippen LogP contribution is 2.24. The molecule has 2 N–H and O–H groups in total. The summed E-state index contributed by atoms with van der Waals surface area (Å²) >= 11 is 3.52. The summed E-state index contributed by atoms with van der Waals surface area (Å²) in [7, 11) is 0. The molecule has 0 radical (unpaired) electrons. The highest BCUT2D eigenvalue weighted by molar-refractivity contribution is 9.10. The van der Waals surface area contributed by atoms with Crippen molar-refractivity contribution < 1.29 is 4.39 Å². The normalized spacial score (nSPS) is 10.5. The lowest BCUT2D eigenvalue weighted by Crippen LogP contribution is -2.22. The molecular weight excluding hydrogens is 307 g/mol. The first-order valence-electron chi connectivity index (χ1n) is 6.14. The molecule has 2 rings (SSSR count). The van der Waals surface area contributed by atoms with Gasteiger partial charge >= 0.3 is 0 Å². The predicted octanol–water partition coefficient (Wildman–Crippen LogP) is 4.20. The fraction of sp³-hybridized carbons (Fsp3) is 0.200. The van der Waals surface area contributed by atoms with Gasteiger partial charge in [-0.3, -0.25) is 0 Å². The molecule has 0 aliphatic carbocycles. The summed E-state index contributed by atoms with van der Waals surface area (Å²) in [6, 6.07) is 12.3. The zero-order valence-electron chi connectivity index (χ0n) is 10.7. The second-order valence-corrected chi connectivity index (χ2v) is 5.20. The van der Waals surface area contributed by atoms with Crippen LogP contribution in [0.25, 0.3) is 0 Å². The van der Waals surface area contributed by atoms with E-state index in [4.69, 9.17) is 5.73 Å². The summed E-state index contributed by atoms with van der Waals surface area (Å²) < 4.78 is 13.9. The summed E-state index contributed by atoms with van der Waals surface area (Å²) in [5.74, 6) is -0.214. The van der Waals surface area contributed by atoms with Crippen molar-refractivity contribution in [2.45, 2.75) is 13.5 Å². The molecule has 0 aliphatic rings. The first kappa shape index (κ1) is 13.9. The van der Waals surface area contributed by atoms with Gasteiger partial charge in [-0.15, -0.1) is 0 Å². The minimum Gasteiger partial charge on any atom is -0.399 e. The SMILES string of the molecule is CCN(Cc1ccc(N)cc1Br)c1ccc(F)cc1. The monoisotopic (exact) mass is 322 g/mol. The van der Waals surface area contributed by atoms with E-state index >= 15 is 0 Å². The van der Waals surface area contributed by atoms with Gasteiger partial charge in [0.05, 0.1) is 0 Å². The lowest BCUT2D eigenvalue weighted by molar-refractivity contribution is 0.627. The maximum Gasteiger partial charge on any atom is 0.123 e. The second kappa shape index (κ2) is 6.06. The molecule has 0 aromatic heterocycles. The van der Waals surface area contributed by atoms with Gasteiger partial charge in [-0.1, -0.05) is 22.0 Å². The summed E-state index contributed by atoms with van der Waals surface area (Å²) in [6.45, 7) is 3.68. The molecule has 0 atom stereocenters. The Balaban J connectivity index is 2.21. The Bertz CT molecular complexity index is 555. The summed E-state index contributed by atoms with van der Waals surface area (Å²) in [5, 5.41) is 0. The van der Waals surface area contributed by atoms with Crippen molar-refractivity contribution in [2.24, 2.45) is 0 Å². The van der Waals surface area contributed by atoms with Crippen molar-refractivity contribution in [1.82, 2.24) is 0 Å². The average molecular weight is 323 g/mol. The highest BCUT2D eigenvalue weighted by Gasteiger charge is 2.08. The Labute approximate surface area is 121 Å². The Hall–Kier alpha value is -1.55. The first-order valence-corrected chi connectivity index (χ1v) is 6.94. The molecule has 0 aliphatic heterocycles. The van der Waals surface area contributed by atoms with E-state index in [-0.39, 0.29) is 5.82 Å². The van der Waals surface area contributed by atoms with Gasteiger partial charge in [-0.05, 0) is 48.9 Å². The fourth-order valence-electron chi connectivity index (χ4n) is 1.93.